The van der Waals surface area contributed by atoms with Gasteiger partial charge in [0, 0.05) is 4.90 Å². The van der Waals surface area contributed by atoms with Gasteiger partial charge in [0.25, 0.3) is 0 Å². The Hall–Kier alpha value is -1.59. The second kappa shape index (κ2) is 6.91. The smallest absolute Gasteiger partial charge is 0.237 e. The van der Waals surface area contributed by atoms with Crippen molar-refractivity contribution in [3.05, 3.63) is 59.1 Å². The summed E-state index contributed by atoms with van der Waals surface area (Å²) in [4.78, 5) is 12.5. The van der Waals surface area contributed by atoms with Crippen molar-refractivity contribution in [1.82, 2.24) is 0 Å². The number of carbonyl (C=O) groups is 1. The minimum atomic E-state index is -0.525. The topological polar surface area (TPSA) is 29.1 Å². The van der Waals surface area contributed by atoms with Gasteiger partial charge in [-0.3, -0.25) is 4.79 Å². The maximum absolute atomic E-state index is 13.5. The summed E-state index contributed by atoms with van der Waals surface area (Å²) in [6.07, 6.45) is 0. The highest BCUT2D eigenvalue weighted by atomic mass is 35.5. The summed E-state index contributed by atoms with van der Waals surface area (Å²) in [6.45, 7) is 1.66. The van der Waals surface area contributed by atoms with E-state index in [1.165, 1.54) is 18.2 Å². The van der Waals surface area contributed by atoms with E-state index in [1.54, 1.807) is 25.1 Å². The molecule has 6 heteroatoms. The Morgan fingerprint density at radius 3 is 2.62 bits per heavy atom. The van der Waals surface area contributed by atoms with Gasteiger partial charge >= 0.3 is 0 Å². The predicted molar refractivity (Wildman–Crippen MR) is 81.8 cm³/mol. The first-order chi connectivity index (χ1) is 9.97. The average Bonchev–Trinajstić information content (AvgIpc) is 2.44. The van der Waals surface area contributed by atoms with Crippen LogP contribution in [0.2, 0.25) is 5.02 Å². The van der Waals surface area contributed by atoms with Crippen molar-refractivity contribution in [2.24, 2.45) is 0 Å². The Kier molecular flexibility index (Phi) is 5.20. The zero-order valence-corrected chi connectivity index (χ0v) is 12.6. The zero-order valence-electron chi connectivity index (χ0n) is 11.1. The van der Waals surface area contributed by atoms with Gasteiger partial charge in [-0.05, 0) is 37.3 Å². The summed E-state index contributed by atoms with van der Waals surface area (Å²) >= 11 is 6.94. The largest absolute Gasteiger partial charge is 0.324 e. The van der Waals surface area contributed by atoms with Crippen LogP contribution in [0.3, 0.4) is 0 Å². The van der Waals surface area contributed by atoms with Crippen molar-refractivity contribution < 1.29 is 13.6 Å². The van der Waals surface area contributed by atoms with E-state index >= 15 is 0 Å². The maximum atomic E-state index is 13.5. The lowest BCUT2D eigenvalue weighted by atomic mass is 10.3. The minimum Gasteiger partial charge on any atom is -0.324 e. The summed E-state index contributed by atoms with van der Waals surface area (Å²) in [7, 11) is 0. The maximum Gasteiger partial charge on any atom is 0.237 e. The number of hydrogen-bond acceptors (Lipinski definition) is 2. The second-order valence-electron chi connectivity index (χ2n) is 4.30. The van der Waals surface area contributed by atoms with Crippen molar-refractivity contribution in [2.45, 2.75) is 17.1 Å². The number of amides is 1. The molecule has 0 aliphatic carbocycles. The van der Waals surface area contributed by atoms with Crippen LogP contribution in [0.15, 0.2) is 47.4 Å². The van der Waals surface area contributed by atoms with E-state index < -0.39 is 11.1 Å². The quantitative estimate of drug-likeness (QED) is 0.822. The highest BCUT2D eigenvalue weighted by molar-refractivity contribution is 8.00. The van der Waals surface area contributed by atoms with Gasteiger partial charge in [0.1, 0.15) is 11.6 Å². The minimum absolute atomic E-state index is 0.117. The lowest BCUT2D eigenvalue weighted by Crippen LogP contribution is -2.22. The van der Waals surface area contributed by atoms with Crippen LogP contribution in [0.5, 0.6) is 0 Å². The fraction of sp³-hybridized carbons (Fsp3) is 0.133. The van der Waals surface area contributed by atoms with Crippen molar-refractivity contribution in [3.63, 3.8) is 0 Å². The van der Waals surface area contributed by atoms with Crippen molar-refractivity contribution in [2.75, 3.05) is 5.32 Å². The Morgan fingerprint density at radius 1 is 1.24 bits per heavy atom. The van der Waals surface area contributed by atoms with Crippen LogP contribution >= 0.6 is 23.4 Å². The molecular weight excluding hydrogens is 316 g/mol. The third-order valence-corrected chi connectivity index (χ3v) is 4.16. The van der Waals surface area contributed by atoms with E-state index in [-0.39, 0.29) is 16.7 Å². The van der Waals surface area contributed by atoms with E-state index in [2.05, 4.69) is 5.32 Å². The highest BCUT2D eigenvalue weighted by Crippen LogP contribution is 2.28. The SMILES string of the molecule is C[C@H](Sc1ccccc1F)C(=O)Nc1ccc(F)cc1Cl. The first-order valence-corrected chi connectivity index (χ1v) is 7.40. The predicted octanol–water partition coefficient (Wildman–Crippen LogP) is 4.74. The first-order valence-electron chi connectivity index (χ1n) is 6.14. The van der Waals surface area contributed by atoms with Crippen LogP contribution < -0.4 is 5.32 Å². The number of carbonyl (C=O) groups excluding carboxylic acids is 1. The molecule has 2 aromatic carbocycles. The van der Waals surface area contributed by atoms with Gasteiger partial charge in [-0.15, -0.1) is 11.8 Å². The number of halogens is 3. The van der Waals surface area contributed by atoms with E-state index in [0.29, 0.717) is 10.6 Å². The number of anilines is 1. The van der Waals surface area contributed by atoms with Crippen LogP contribution in [0.25, 0.3) is 0 Å². The normalized spacial score (nSPS) is 12.0. The van der Waals surface area contributed by atoms with E-state index in [1.807, 2.05) is 0 Å². The Labute approximate surface area is 130 Å². The zero-order chi connectivity index (χ0) is 15.4. The fourth-order valence-corrected chi connectivity index (χ4v) is 2.71. The lowest BCUT2D eigenvalue weighted by Gasteiger charge is -2.13. The molecule has 0 bridgehead atoms. The van der Waals surface area contributed by atoms with Crippen LogP contribution in [0, 0.1) is 11.6 Å². The number of hydrogen-bond donors (Lipinski definition) is 1. The molecule has 21 heavy (non-hydrogen) atoms. The average molecular weight is 328 g/mol. The molecule has 2 aromatic rings. The summed E-state index contributed by atoms with van der Waals surface area (Å²) < 4.78 is 26.5. The Balaban J connectivity index is 2.04. The molecule has 0 saturated carbocycles. The summed E-state index contributed by atoms with van der Waals surface area (Å²) in [5, 5.41) is 2.19. The van der Waals surface area contributed by atoms with Gasteiger partial charge in [-0.1, -0.05) is 23.7 Å². The molecule has 0 radical (unpaired) electrons. The molecule has 0 spiro atoms. The van der Waals surface area contributed by atoms with E-state index in [4.69, 9.17) is 11.6 Å². The van der Waals surface area contributed by atoms with Crippen molar-refractivity contribution >= 4 is 35.0 Å². The molecular formula is C15H12ClF2NOS. The molecule has 1 N–H and O–H groups in total. The number of nitrogens with one attached hydrogen (secondary N) is 1. The molecule has 0 aliphatic rings. The Bertz CT molecular complexity index is 666. The molecule has 0 aliphatic heterocycles. The second-order valence-corrected chi connectivity index (χ2v) is 6.09. The van der Waals surface area contributed by atoms with Crippen molar-refractivity contribution in [1.29, 1.82) is 0 Å². The number of thioether (sulfide) groups is 1. The highest BCUT2D eigenvalue weighted by Gasteiger charge is 2.17. The summed E-state index contributed by atoms with van der Waals surface area (Å²) in [5.41, 5.74) is 0.323. The molecule has 0 fully saturated rings. The monoisotopic (exact) mass is 327 g/mol. The van der Waals surface area contributed by atoms with Gasteiger partial charge in [-0.2, -0.15) is 0 Å². The number of benzene rings is 2. The fourth-order valence-electron chi connectivity index (χ4n) is 1.61. The first kappa shape index (κ1) is 15.8. The molecule has 1 amide bonds. The van der Waals surface area contributed by atoms with Crippen molar-refractivity contribution in [3.8, 4) is 0 Å². The molecule has 2 rings (SSSR count). The van der Waals surface area contributed by atoms with E-state index in [9.17, 15) is 13.6 Å². The van der Waals surface area contributed by atoms with Gasteiger partial charge in [-0.25, -0.2) is 8.78 Å². The summed E-state index contributed by atoms with van der Waals surface area (Å²) in [6, 6.07) is 9.94. The Morgan fingerprint density at radius 2 is 1.95 bits per heavy atom. The van der Waals surface area contributed by atoms with Crippen LogP contribution in [-0.4, -0.2) is 11.2 Å². The van der Waals surface area contributed by atoms with Crippen LogP contribution in [-0.2, 0) is 4.79 Å². The van der Waals surface area contributed by atoms with Crippen LogP contribution in [0.1, 0.15) is 6.92 Å². The molecule has 0 saturated heterocycles. The molecule has 0 unspecified atom stereocenters. The molecule has 2 nitrogen and oxygen atoms in total. The number of rotatable bonds is 4. The molecule has 0 heterocycles. The molecule has 0 aromatic heterocycles. The van der Waals surface area contributed by atoms with E-state index in [0.717, 1.165) is 17.8 Å². The van der Waals surface area contributed by atoms with Gasteiger partial charge in [0.2, 0.25) is 5.91 Å². The molecule has 1 atom stereocenters. The van der Waals surface area contributed by atoms with Gasteiger partial charge in [0.15, 0.2) is 0 Å². The third kappa shape index (κ3) is 4.19. The molecule has 110 valence electrons. The van der Waals surface area contributed by atoms with Gasteiger partial charge < -0.3 is 5.32 Å². The third-order valence-electron chi connectivity index (χ3n) is 2.70. The van der Waals surface area contributed by atoms with Crippen LogP contribution in [0.4, 0.5) is 14.5 Å². The lowest BCUT2D eigenvalue weighted by molar-refractivity contribution is -0.115. The summed E-state index contributed by atoms with van der Waals surface area (Å²) in [5.74, 6) is -1.19. The standard InChI is InChI=1S/C15H12ClF2NOS/c1-9(21-14-5-3-2-4-12(14)18)15(20)19-13-7-6-10(17)8-11(13)16/h2-9H,1H3,(H,19,20)/t9-/m0/s1. The van der Waals surface area contributed by atoms with Gasteiger partial charge in [0.05, 0.1) is 16.0 Å².